The van der Waals surface area contributed by atoms with E-state index in [4.69, 9.17) is 31.9 Å². The number of amides is 1. The molecule has 1 atom stereocenters. The van der Waals surface area contributed by atoms with Crippen LogP contribution in [0.3, 0.4) is 0 Å². The van der Waals surface area contributed by atoms with Crippen LogP contribution in [0.2, 0.25) is 0 Å². The van der Waals surface area contributed by atoms with Gasteiger partial charge in [-0.3, -0.25) is 14.3 Å². The number of primary amides is 1. The van der Waals surface area contributed by atoms with Crippen LogP contribution in [-0.2, 0) is 30.9 Å². The molecule has 0 spiro atoms. The maximum Gasteiger partial charge on any atom is 0.490 e. The molecule has 1 amide bonds. The van der Waals surface area contributed by atoms with Crippen LogP contribution in [0.25, 0.3) is 0 Å². The quantitative estimate of drug-likeness (QED) is 0.0972. The Morgan fingerprint density at radius 3 is 2.21 bits per heavy atom. The second-order valence-electron chi connectivity index (χ2n) is 8.01. The first kappa shape index (κ1) is 32.7. The van der Waals surface area contributed by atoms with Crippen LogP contribution in [0, 0.1) is 6.92 Å². The number of aryl methyl sites for hydroxylation is 2. The predicted molar refractivity (Wildman–Crippen MR) is 135 cm³/mol. The van der Waals surface area contributed by atoms with Gasteiger partial charge in [-0.15, -0.1) is 0 Å². The van der Waals surface area contributed by atoms with Gasteiger partial charge < -0.3 is 32.1 Å². The summed E-state index contributed by atoms with van der Waals surface area (Å²) in [7, 11) is -4.11. The summed E-state index contributed by atoms with van der Waals surface area (Å²) in [6.07, 6.45) is -3.33. The summed E-state index contributed by atoms with van der Waals surface area (Å²) in [6.45, 7) is 3.53. The first-order valence-corrected chi connectivity index (χ1v) is 12.6. The minimum Gasteiger partial charge on any atom is -0.475 e. The van der Waals surface area contributed by atoms with E-state index in [1.807, 2.05) is 6.92 Å². The number of carboxylic acids is 1. The number of anilines is 1. The van der Waals surface area contributed by atoms with Gasteiger partial charge in [-0.1, -0.05) is 25.5 Å². The Kier molecular flexibility index (Phi) is 11.8. The number of sulfonamides is 1. The lowest BCUT2D eigenvalue weighted by Crippen LogP contribution is -2.29. The Morgan fingerprint density at radius 1 is 1.18 bits per heavy atom. The van der Waals surface area contributed by atoms with Crippen molar-refractivity contribution >= 4 is 33.5 Å². The molecule has 13 nitrogen and oxygen atoms in total. The molecule has 1 unspecified atom stereocenters. The first-order chi connectivity index (χ1) is 18.0. The van der Waals surface area contributed by atoms with Crippen LogP contribution in [0.4, 0.5) is 18.9 Å². The standard InChI is InChI=1S/C20H28N6O5S.C2HF3O2/c1-3-4-13-5-7-14(8-6-13)32(29,30)26-17-16(11-12(2)24-19(17)28)15(18(21)27)9-10-31-25-20(22)23;3-2(4,5)1(6)7/h5-8,11,15,26H,3-4,9-10H2,1-2H3,(H2,21,27)(H,24,28)(H4,22,23,25);(H,6,7). The van der Waals surface area contributed by atoms with Crippen LogP contribution in [-0.4, -0.2) is 49.1 Å². The van der Waals surface area contributed by atoms with Crippen molar-refractivity contribution < 1.29 is 41.1 Å². The van der Waals surface area contributed by atoms with Gasteiger partial charge in [0, 0.05) is 5.69 Å². The van der Waals surface area contributed by atoms with E-state index < -0.39 is 39.6 Å². The molecule has 0 bridgehead atoms. The van der Waals surface area contributed by atoms with Crippen LogP contribution in [0.5, 0.6) is 0 Å². The van der Waals surface area contributed by atoms with Crippen molar-refractivity contribution in [2.24, 2.45) is 22.4 Å². The number of carboxylic acid groups (broad SMARTS) is 1. The molecule has 0 fully saturated rings. The van der Waals surface area contributed by atoms with E-state index in [1.54, 1.807) is 19.1 Å². The van der Waals surface area contributed by atoms with Crippen molar-refractivity contribution in [1.29, 1.82) is 0 Å². The number of hydrogen-bond acceptors (Lipinski definition) is 7. The summed E-state index contributed by atoms with van der Waals surface area (Å²) in [5.41, 5.74) is 16.4. The van der Waals surface area contributed by atoms with Crippen LogP contribution in [0.15, 0.2) is 45.2 Å². The number of pyridine rings is 1. The van der Waals surface area contributed by atoms with E-state index in [9.17, 15) is 31.2 Å². The zero-order chi connectivity index (χ0) is 30.0. The SMILES string of the molecule is CCCc1ccc(S(=O)(=O)Nc2c(C(CCON=C(N)N)C(N)=O)cc(C)[nH]c2=O)cc1.O=C(O)C(F)(F)F. The van der Waals surface area contributed by atoms with Crippen molar-refractivity contribution in [3.05, 3.63) is 57.5 Å². The fourth-order valence-electron chi connectivity index (χ4n) is 3.15. The van der Waals surface area contributed by atoms with E-state index in [0.717, 1.165) is 18.4 Å². The summed E-state index contributed by atoms with van der Waals surface area (Å²) in [6, 6.07) is 7.84. The predicted octanol–water partition coefficient (Wildman–Crippen LogP) is 1.23. The summed E-state index contributed by atoms with van der Waals surface area (Å²) in [5.74, 6) is -4.86. The van der Waals surface area contributed by atoms with E-state index in [0.29, 0.717) is 5.69 Å². The van der Waals surface area contributed by atoms with Gasteiger partial charge in [-0.05, 0) is 54.2 Å². The molecule has 39 heavy (non-hydrogen) atoms. The molecule has 17 heteroatoms. The second-order valence-corrected chi connectivity index (χ2v) is 9.69. The Hall–Kier alpha value is -4.28. The number of aromatic amines is 1. The van der Waals surface area contributed by atoms with Crippen LogP contribution >= 0.6 is 0 Å². The summed E-state index contributed by atoms with van der Waals surface area (Å²) in [5, 5.41) is 10.5. The third kappa shape index (κ3) is 10.5. The number of nitrogens with two attached hydrogens (primary N) is 3. The molecule has 0 aliphatic carbocycles. The average molecular weight is 579 g/mol. The molecule has 1 aromatic heterocycles. The molecule has 2 rings (SSSR count). The van der Waals surface area contributed by atoms with E-state index >= 15 is 0 Å². The van der Waals surface area contributed by atoms with E-state index in [-0.39, 0.29) is 35.1 Å². The van der Waals surface area contributed by atoms with Gasteiger partial charge in [-0.2, -0.15) is 13.2 Å². The monoisotopic (exact) mass is 578 g/mol. The van der Waals surface area contributed by atoms with Crippen molar-refractivity contribution in [3.8, 4) is 0 Å². The van der Waals surface area contributed by atoms with Crippen LogP contribution in [0.1, 0.15) is 42.5 Å². The number of halogens is 3. The number of oxime groups is 1. The molecule has 216 valence electrons. The molecule has 0 saturated carbocycles. The fraction of sp³-hybridized carbons (Fsp3) is 0.364. The molecule has 0 radical (unpaired) electrons. The number of H-pyrrole nitrogens is 1. The zero-order valence-corrected chi connectivity index (χ0v) is 21.7. The fourth-order valence-corrected chi connectivity index (χ4v) is 4.24. The van der Waals surface area contributed by atoms with Crippen LogP contribution < -0.4 is 27.5 Å². The number of guanidine groups is 1. The Bertz CT molecular complexity index is 1340. The van der Waals surface area contributed by atoms with E-state index in [2.05, 4.69) is 14.9 Å². The summed E-state index contributed by atoms with van der Waals surface area (Å²) >= 11 is 0. The number of benzene rings is 1. The van der Waals surface area contributed by atoms with Gasteiger partial charge in [0.2, 0.25) is 11.9 Å². The summed E-state index contributed by atoms with van der Waals surface area (Å²) < 4.78 is 59.9. The van der Waals surface area contributed by atoms with E-state index in [1.165, 1.54) is 18.2 Å². The maximum atomic E-state index is 12.9. The third-order valence-corrected chi connectivity index (χ3v) is 6.20. The molecular formula is C22H29F3N6O7S. The highest BCUT2D eigenvalue weighted by atomic mass is 32.2. The highest BCUT2D eigenvalue weighted by Gasteiger charge is 2.38. The highest BCUT2D eigenvalue weighted by Crippen LogP contribution is 2.27. The lowest BCUT2D eigenvalue weighted by Gasteiger charge is -2.18. The number of aromatic nitrogens is 1. The molecule has 0 aliphatic rings. The number of carbonyl (C=O) groups excluding carboxylic acids is 1. The third-order valence-electron chi connectivity index (χ3n) is 4.84. The highest BCUT2D eigenvalue weighted by molar-refractivity contribution is 7.92. The van der Waals surface area contributed by atoms with Crippen molar-refractivity contribution in [1.82, 2.24) is 4.98 Å². The minimum atomic E-state index is -5.08. The van der Waals surface area contributed by atoms with Gasteiger partial charge in [-0.25, -0.2) is 13.2 Å². The topological polar surface area (TPSA) is 233 Å². The molecule has 1 heterocycles. The number of nitrogens with zero attached hydrogens (tertiary/aromatic N) is 1. The largest absolute Gasteiger partial charge is 0.490 e. The Labute approximate surface area is 221 Å². The lowest BCUT2D eigenvalue weighted by molar-refractivity contribution is -0.192. The lowest BCUT2D eigenvalue weighted by atomic mass is 9.94. The minimum absolute atomic E-state index is 0.00937. The molecule has 0 aliphatic heterocycles. The van der Waals surface area contributed by atoms with Crippen molar-refractivity contribution in [2.75, 3.05) is 11.3 Å². The number of nitrogens with one attached hydrogen (secondary N) is 2. The normalized spacial score (nSPS) is 11.9. The van der Waals surface area contributed by atoms with Crippen molar-refractivity contribution in [3.63, 3.8) is 0 Å². The number of rotatable bonds is 11. The van der Waals surface area contributed by atoms with Gasteiger partial charge in [0.15, 0.2) is 0 Å². The molecular weight excluding hydrogens is 549 g/mol. The maximum absolute atomic E-state index is 12.9. The Balaban J connectivity index is 0.000000956. The molecule has 9 N–H and O–H groups in total. The second kappa shape index (κ2) is 14.0. The number of hydrogen-bond donors (Lipinski definition) is 6. The Morgan fingerprint density at radius 2 is 1.74 bits per heavy atom. The number of alkyl halides is 3. The average Bonchev–Trinajstić information content (AvgIpc) is 2.81. The number of carbonyl (C=O) groups is 2. The number of aliphatic carboxylic acids is 1. The molecule has 1 aromatic carbocycles. The van der Waals surface area contributed by atoms with Gasteiger partial charge in [0.05, 0.1) is 10.8 Å². The smallest absolute Gasteiger partial charge is 0.475 e. The molecule has 0 saturated heterocycles. The molecule has 2 aromatic rings. The van der Waals surface area contributed by atoms with Gasteiger partial charge in [0.25, 0.3) is 15.6 Å². The van der Waals surface area contributed by atoms with Gasteiger partial charge in [0.1, 0.15) is 12.3 Å². The first-order valence-electron chi connectivity index (χ1n) is 11.2. The van der Waals surface area contributed by atoms with Gasteiger partial charge >= 0.3 is 12.1 Å². The van der Waals surface area contributed by atoms with Crippen molar-refractivity contribution in [2.45, 2.75) is 50.1 Å². The zero-order valence-electron chi connectivity index (χ0n) is 20.9. The summed E-state index contributed by atoms with van der Waals surface area (Å²) in [4.78, 5) is 41.1.